The van der Waals surface area contributed by atoms with Crippen molar-refractivity contribution in [2.24, 2.45) is 0 Å². The topological polar surface area (TPSA) is 55.8 Å². The highest BCUT2D eigenvalue weighted by Gasteiger charge is 2.36. The van der Waals surface area contributed by atoms with E-state index in [1.165, 1.54) is 6.08 Å². The van der Waals surface area contributed by atoms with Crippen molar-refractivity contribution >= 4 is 11.9 Å². The zero-order chi connectivity index (χ0) is 15.5. The molecule has 22 heavy (non-hydrogen) atoms. The van der Waals surface area contributed by atoms with Crippen LogP contribution in [-0.4, -0.2) is 24.1 Å². The summed E-state index contributed by atoms with van der Waals surface area (Å²) in [4.78, 5) is 12.2. The van der Waals surface area contributed by atoms with Crippen LogP contribution in [0.1, 0.15) is 17.2 Å². The van der Waals surface area contributed by atoms with Crippen molar-refractivity contribution in [1.29, 1.82) is 0 Å². The number of ether oxygens (including phenoxy) is 2. The van der Waals surface area contributed by atoms with Gasteiger partial charge in [0.1, 0.15) is 17.6 Å². The molecule has 1 aliphatic rings. The molecule has 2 aromatic rings. The number of fused-ring (bicyclic) bond motifs is 1. The van der Waals surface area contributed by atoms with E-state index >= 15 is 0 Å². The Morgan fingerprint density at radius 2 is 1.91 bits per heavy atom. The summed E-state index contributed by atoms with van der Waals surface area (Å²) in [5, 5.41) is 10.2. The molecule has 0 bridgehead atoms. The number of methoxy groups -OCH3 is 1. The van der Waals surface area contributed by atoms with Crippen molar-refractivity contribution < 1.29 is 19.4 Å². The average molecular weight is 296 g/mol. The maximum Gasteiger partial charge on any atom is 0.199 e. The zero-order valence-electron chi connectivity index (χ0n) is 12.1. The quantitative estimate of drug-likeness (QED) is 0.881. The normalized spacial score (nSPS) is 19.7. The van der Waals surface area contributed by atoms with Crippen molar-refractivity contribution in [3.05, 3.63) is 65.7 Å². The zero-order valence-corrected chi connectivity index (χ0v) is 12.1. The molecule has 4 nitrogen and oxygen atoms in total. The third kappa shape index (κ3) is 2.73. The molecule has 0 fully saturated rings. The smallest absolute Gasteiger partial charge is 0.199 e. The fourth-order valence-electron chi connectivity index (χ4n) is 2.40. The fourth-order valence-corrected chi connectivity index (χ4v) is 2.40. The molecule has 0 aliphatic carbocycles. The van der Waals surface area contributed by atoms with E-state index in [0.29, 0.717) is 11.3 Å². The Morgan fingerprint density at radius 3 is 2.59 bits per heavy atom. The van der Waals surface area contributed by atoms with Crippen molar-refractivity contribution in [2.45, 2.75) is 12.2 Å². The van der Waals surface area contributed by atoms with Crippen molar-refractivity contribution in [1.82, 2.24) is 0 Å². The van der Waals surface area contributed by atoms with Gasteiger partial charge in [0.2, 0.25) is 0 Å². The fraction of sp³-hybridized carbons (Fsp3) is 0.167. The van der Waals surface area contributed by atoms with E-state index < -0.39 is 12.2 Å². The van der Waals surface area contributed by atoms with Gasteiger partial charge in [-0.1, -0.05) is 36.4 Å². The number of rotatable bonds is 4. The first kappa shape index (κ1) is 14.4. The standard InChI is InChI=1S/C18H16O4/c1-21-13-9-6-12(7-10-13)8-11-15(19)18-17(20)14-4-2-3-5-16(14)22-18/h2-11,17-18,20H,1H3/b11-8+. The monoisotopic (exact) mass is 296 g/mol. The van der Waals surface area contributed by atoms with Crippen LogP contribution in [0.5, 0.6) is 11.5 Å². The molecule has 0 aromatic heterocycles. The van der Waals surface area contributed by atoms with Gasteiger partial charge in [-0.3, -0.25) is 4.79 Å². The number of aliphatic hydroxyl groups is 1. The van der Waals surface area contributed by atoms with Crippen molar-refractivity contribution in [2.75, 3.05) is 7.11 Å². The second-order valence-corrected chi connectivity index (χ2v) is 5.03. The lowest BCUT2D eigenvalue weighted by atomic mass is 10.0. The van der Waals surface area contributed by atoms with Crippen LogP contribution in [-0.2, 0) is 4.79 Å². The molecular weight excluding hydrogens is 280 g/mol. The number of hydrogen-bond donors (Lipinski definition) is 1. The lowest BCUT2D eigenvalue weighted by molar-refractivity contribution is -0.124. The van der Waals surface area contributed by atoms with Crippen LogP contribution in [0.25, 0.3) is 6.08 Å². The number of benzene rings is 2. The Kier molecular flexibility index (Phi) is 3.94. The highest BCUT2D eigenvalue weighted by atomic mass is 16.5. The molecule has 0 spiro atoms. The summed E-state index contributed by atoms with van der Waals surface area (Å²) in [5.41, 5.74) is 1.53. The van der Waals surface area contributed by atoms with Crippen LogP contribution in [0.3, 0.4) is 0 Å². The summed E-state index contributed by atoms with van der Waals surface area (Å²) in [6.45, 7) is 0. The molecule has 3 rings (SSSR count). The van der Waals surface area contributed by atoms with Crippen LogP contribution >= 0.6 is 0 Å². The summed E-state index contributed by atoms with van der Waals surface area (Å²) >= 11 is 0. The number of hydrogen-bond acceptors (Lipinski definition) is 4. The first-order chi connectivity index (χ1) is 10.7. The summed E-state index contributed by atoms with van der Waals surface area (Å²) < 4.78 is 10.6. The molecular formula is C18H16O4. The second-order valence-electron chi connectivity index (χ2n) is 5.03. The van der Waals surface area contributed by atoms with Crippen LogP contribution in [0.4, 0.5) is 0 Å². The van der Waals surface area contributed by atoms with Gasteiger partial charge in [-0.2, -0.15) is 0 Å². The number of carbonyl (C=O) groups is 1. The minimum absolute atomic E-state index is 0.264. The summed E-state index contributed by atoms with van der Waals surface area (Å²) in [7, 11) is 1.60. The molecule has 1 heterocycles. The lowest BCUT2D eigenvalue weighted by Gasteiger charge is -2.10. The van der Waals surface area contributed by atoms with Gasteiger partial charge in [0.25, 0.3) is 0 Å². The van der Waals surface area contributed by atoms with E-state index in [1.54, 1.807) is 25.3 Å². The number of ketones is 1. The predicted octanol–water partition coefficient (Wildman–Crippen LogP) is 2.77. The third-order valence-corrected chi connectivity index (χ3v) is 3.61. The van der Waals surface area contributed by atoms with E-state index in [1.807, 2.05) is 36.4 Å². The molecule has 0 radical (unpaired) electrons. The molecule has 0 amide bonds. The minimum atomic E-state index is -0.927. The van der Waals surface area contributed by atoms with Crippen molar-refractivity contribution in [3.63, 3.8) is 0 Å². The molecule has 2 unspecified atom stereocenters. The Hall–Kier alpha value is -2.59. The van der Waals surface area contributed by atoms with Crippen molar-refractivity contribution in [3.8, 4) is 11.5 Å². The van der Waals surface area contributed by atoms with E-state index in [4.69, 9.17) is 9.47 Å². The maximum atomic E-state index is 12.2. The highest BCUT2D eigenvalue weighted by molar-refractivity contribution is 5.98. The first-order valence-electron chi connectivity index (χ1n) is 6.98. The molecule has 112 valence electrons. The van der Waals surface area contributed by atoms with Gasteiger partial charge >= 0.3 is 0 Å². The summed E-state index contributed by atoms with van der Waals surface area (Å²) in [6.07, 6.45) is 1.32. The summed E-state index contributed by atoms with van der Waals surface area (Å²) in [6, 6.07) is 14.5. The Morgan fingerprint density at radius 1 is 1.18 bits per heavy atom. The summed E-state index contributed by atoms with van der Waals surface area (Å²) in [5.74, 6) is 1.05. The van der Waals surface area contributed by atoms with E-state index in [0.717, 1.165) is 11.3 Å². The Labute approximate surface area is 128 Å². The number of aliphatic hydroxyl groups excluding tert-OH is 1. The van der Waals surface area contributed by atoms with Gasteiger partial charge in [0.05, 0.1) is 7.11 Å². The maximum absolute atomic E-state index is 12.2. The lowest BCUT2D eigenvalue weighted by Crippen LogP contribution is -2.27. The molecule has 0 saturated heterocycles. The molecule has 1 aliphatic heterocycles. The number of carbonyl (C=O) groups excluding carboxylic acids is 1. The average Bonchev–Trinajstić information content (AvgIpc) is 2.90. The Bertz CT molecular complexity index is 703. The van der Waals surface area contributed by atoms with Gasteiger partial charge < -0.3 is 14.6 Å². The van der Waals surface area contributed by atoms with Crippen LogP contribution in [0.2, 0.25) is 0 Å². The largest absolute Gasteiger partial charge is 0.497 e. The molecule has 2 aromatic carbocycles. The third-order valence-electron chi connectivity index (χ3n) is 3.61. The predicted molar refractivity (Wildman–Crippen MR) is 82.9 cm³/mol. The van der Waals surface area contributed by atoms with Gasteiger partial charge in [-0.05, 0) is 29.8 Å². The number of para-hydroxylation sites is 1. The van der Waals surface area contributed by atoms with Gasteiger partial charge in [-0.25, -0.2) is 0 Å². The molecule has 4 heteroatoms. The van der Waals surface area contributed by atoms with Crippen LogP contribution < -0.4 is 9.47 Å². The van der Waals surface area contributed by atoms with Crippen LogP contribution in [0, 0.1) is 0 Å². The highest BCUT2D eigenvalue weighted by Crippen LogP contribution is 2.36. The van der Waals surface area contributed by atoms with E-state index in [-0.39, 0.29) is 5.78 Å². The van der Waals surface area contributed by atoms with Crippen LogP contribution in [0.15, 0.2) is 54.6 Å². The SMILES string of the molecule is COc1ccc(/C=C/C(=O)C2Oc3ccccc3C2O)cc1. The Balaban J connectivity index is 1.71. The molecule has 2 atom stereocenters. The molecule has 0 saturated carbocycles. The van der Waals surface area contributed by atoms with E-state index in [9.17, 15) is 9.90 Å². The molecule has 1 N–H and O–H groups in total. The van der Waals surface area contributed by atoms with Gasteiger partial charge in [-0.15, -0.1) is 0 Å². The minimum Gasteiger partial charge on any atom is -0.497 e. The van der Waals surface area contributed by atoms with E-state index in [2.05, 4.69) is 0 Å². The van der Waals surface area contributed by atoms with Gasteiger partial charge in [0, 0.05) is 5.56 Å². The second kappa shape index (κ2) is 6.03. The van der Waals surface area contributed by atoms with Gasteiger partial charge in [0.15, 0.2) is 11.9 Å². The first-order valence-corrected chi connectivity index (χ1v) is 6.98.